The van der Waals surface area contributed by atoms with Crippen molar-refractivity contribution in [2.24, 2.45) is 0 Å². The quantitative estimate of drug-likeness (QED) is 0.521. The standard InChI is InChI=1S/C15H12F2N2S2/c1-9-5-4-7-11-13(9)18-15(20)19(11)10-6-2-3-8-12(10)21-14(16)17/h2-8,14H,1H3,(H,18,20). The van der Waals surface area contributed by atoms with Gasteiger partial charge in [-0.15, -0.1) is 0 Å². The lowest BCUT2D eigenvalue weighted by Crippen LogP contribution is -1.97. The van der Waals surface area contributed by atoms with E-state index in [4.69, 9.17) is 12.2 Å². The Morgan fingerprint density at radius 1 is 1.14 bits per heavy atom. The number of alkyl halides is 2. The number of aromatic nitrogens is 2. The van der Waals surface area contributed by atoms with E-state index in [1.54, 1.807) is 18.2 Å². The van der Waals surface area contributed by atoms with Gasteiger partial charge in [0.25, 0.3) is 5.76 Å². The third kappa shape index (κ3) is 2.61. The summed E-state index contributed by atoms with van der Waals surface area (Å²) in [4.78, 5) is 3.66. The second-order valence-electron chi connectivity index (χ2n) is 4.58. The van der Waals surface area contributed by atoms with Gasteiger partial charge in [0.05, 0.1) is 16.7 Å². The Bertz CT molecular complexity index is 852. The van der Waals surface area contributed by atoms with Gasteiger partial charge in [-0.05, 0) is 42.9 Å². The van der Waals surface area contributed by atoms with Crippen LogP contribution in [-0.4, -0.2) is 15.3 Å². The summed E-state index contributed by atoms with van der Waals surface area (Å²) in [7, 11) is 0. The Labute approximate surface area is 129 Å². The average molecular weight is 322 g/mol. The van der Waals surface area contributed by atoms with Gasteiger partial charge in [0.15, 0.2) is 4.77 Å². The molecule has 108 valence electrons. The number of benzene rings is 2. The molecule has 3 aromatic rings. The molecule has 0 amide bonds. The first-order valence-electron chi connectivity index (χ1n) is 6.32. The van der Waals surface area contributed by atoms with Crippen LogP contribution in [0.3, 0.4) is 0 Å². The lowest BCUT2D eigenvalue weighted by molar-refractivity contribution is 0.252. The number of fused-ring (bicyclic) bond motifs is 1. The van der Waals surface area contributed by atoms with E-state index in [0.29, 0.717) is 27.1 Å². The maximum Gasteiger partial charge on any atom is 0.288 e. The smallest absolute Gasteiger partial charge is 0.288 e. The molecule has 6 heteroatoms. The second-order valence-corrected chi connectivity index (χ2v) is 6.00. The number of hydrogen-bond acceptors (Lipinski definition) is 2. The summed E-state index contributed by atoms with van der Waals surface area (Å²) in [5.41, 5.74) is 3.56. The fourth-order valence-electron chi connectivity index (χ4n) is 2.35. The van der Waals surface area contributed by atoms with Crippen LogP contribution in [0.25, 0.3) is 16.7 Å². The molecule has 0 spiro atoms. The molecule has 0 fully saturated rings. The SMILES string of the molecule is Cc1cccc2c1[nH]c(=S)n2-c1ccccc1SC(F)F. The predicted octanol–water partition coefficient (Wildman–Crippen LogP) is 5.31. The highest BCUT2D eigenvalue weighted by Gasteiger charge is 2.14. The van der Waals surface area contributed by atoms with Crippen molar-refractivity contribution in [2.45, 2.75) is 17.6 Å². The predicted molar refractivity (Wildman–Crippen MR) is 85.1 cm³/mol. The Morgan fingerprint density at radius 2 is 1.90 bits per heavy atom. The van der Waals surface area contributed by atoms with Crippen molar-refractivity contribution < 1.29 is 8.78 Å². The number of H-pyrrole nitrogens is 1. The molecule has 0 aliphatic carbocycles. The van der Waals surface area contributed by atoms with Gasteiger partial charge < -0.3 is 4.98 Å². The molecule has 1 aromatic heterocycles. The van der Waals surface area contributed by atoms with Crippen molar-refractivity contribution in [3.63, 3.8) is 0 Å². The van der Waals surface area contributed by atoms with Crippen LogP contribution in [0.2, 0.25) is 0 Å². The van der Waals surface area contributed by atoms with Gasteiger partial charge >= 0.3 is 0 Å². The normalized spacial score (nSPS) is 11.4. The van der Waals surface area contributed by atoms with Crippen LogP contribution in [0, 0.1) is 11.7 Å². The molecular weight excluding hydrogens is 310 g/mol. The zero-order valence-electron chi connectivity index (χ0n) is 11.1. The van der Waals surface area contributed by atoms with Crippen molar-refractivity contribution >= 4 is 35.0 Å². The molecule has 0 saturated heterocycles. The monoisotopic (exact) mass is 322 g/mol. The average Bonchev–Trinajstić information content (AvgIpc) is 2.77. The minimum atomic E-state index is -2.47. The Balaban J connectivity index is 2.29. The van der Waals surface area contributed by atoms with E-state index >= 15 is 0 Å². The summed E-state index contributed by atoms with van der Waals surface area (Å²) >= 11 is 5.91. The number of hydrogen-bond donors (Lipinski definition) is 1. The molecule has 2 nitrogen and oxygen atoms in total. The summed E-state index contributed by atoms with van der Waals surface area (Å²) in [5.74, 6) is -2.47. The van der Waals surface area contributed by atoms with Gasteiger partial charge in [0.2, 0.25) is 0 Å². The van der Waals surface area contributed by atoms with Crippen LogP contribution < -0.4 is 0 Å². The van der Waals surface area contributed by atoms with E-state index in [1.807, 2.05) is 35.8 Å². The summed E-state index contributed by atoms with van der Waals surface area (Å²) in [6.07, 6.45) is 0. The van der Waals surface area contributed by atoms with Crippen LogP contribution >= 0.6 is 24.0 Å². The minimum absolute atomic E-state index is 0.501. The highest BCUT2D eigenvalue weighted by molar-refractivity contribution is 7.99. The number of para-hydroxylation sites is 2. The molecule has 2 aromatic carbocycles. The van der Waals surface area contributed by atoms with E-state index in [0.717, 1.165) is 16.6 Å². The van der Waals surface area contributed by atoms with Crippen LogP contribution in [0.15, 0.2) is 47.4 Å². The number of thioether (sulfide) groups is 1. The summed E-state index contributed by atoms with van der Waals surface area (Å²) in [6.45, 7) is 1.98. The Hall–Kier alpha value is -1.66. The van der Waals surface area contributed by atoms with Gasteiger partial charge in [-0.2, -0.15) is 8.78 Å². The van der Waals surface area contributed by atoms with E-state index in [-0.39, 0.29) is 0 Å². The minimum Gasteiger partial charge on any atom is -0.330 e. The zero-order chi connectivity index (χ0) is 15.0. The van der Waals surface area contributed by atoms with Crippen LogP contribution in [0.4, 0.5) is 8.78 Å². The van der Waals surface area contributed by atoms with Gasteiger partial charge in [-0.25, -0.2) is 0 Å². The van der Waals surface area contributed by atoms with Crippen LogP contribution in [0.5, 0.6) is 0 Å². The highest BCUT2D eigenvalue weighted by atomic mass is 32.2. The fraction of sp³-hybridized carbons (Fsp3) is 0.133. The molecule has 0 saturated carbocycles. The number of halogens is 2. The first-order chi connectivity index (χ1) is 10.1. The maximum absolute atomic E-state index is 12.7. The molecular formula is C15H12F2N2S2. The van der Waals surface area contributed by atoms with Gasteiger partial charge in [-0.1, -0.05) is 36.0 Å². The van der Waals surface area contributed by atoms with E-state index in [2.05, 4.69) is 4.98 Å². The molecule has 0 aliphatic heterocycles. The molecule has 0 unspecified atom stereocenters. The maximum atomic E-state index is 12.7. The number of aryl methyl sites for hydroxylation is 1. The highest BCUT2D eigenvalue weighted by Crippen LogP contribution is 2.32. The molecule has 0 atom stereocenters. The molecule has 0 bridgehead atoms. The first kappa shape index (κ1) is 14.3. The summed E-state index contributed by atoms with van der Waals surface area (Å²) in [5, 5.41) is 0. The number of nitrogens with zero attached hydrogens (tertiary/aromatic N) is 1. The fourth-order valence-corrected chi connectivity index (χ4v) is 3.28. The number of aromatic amines is 1. The van der Waals surface area contributed by atoms with Gasteiger partial charge in [0.1, 0.15) is 0 Å². The van der Waals surface area contributed by atoms with Crippen molar-refractivity contribution in [3.8, 4) is 5.69 Å². The van der Waals surface area contributed by atoms with Crippen molar-refractivity contribution in [2.75, 3.05) is 0 Å². The number of nitrogens with one attached hydrogen (secondary N) is 1. The van der Waals surface area contributed by atoms with Gasteiger partial charge in [0, 0.05) is 4.90 Å². The van der Waals surface area contributed by atoms with E-state index < -0.39 is 5.76 Å². The third-order valence-corrected chi connectivity index (χ3v) is 4.31. The van der Waals surface area contributed by atoms with E-state index in [1.165, 1.54) is 0 Å². The zero-order valence-corrected chi connectivity index (χ0v) is 12.8. The number of rotatable bonds is 3. The summed E-state index contributed by atoms with van der Waals surface area (Å²) < 4.78 is 27.8. The molecule has 1 heterocycles. The van der Waals surface area contributed by atoms with Gasteiger partial charge in [-0.3, -0.25) is 4.57 Å². The topological polar surface area (TPSA) is 20.7 Å². The molecule has 1 N–H and O–H groups in total. The van der Waals surface area contributed by atoms with Crippen LogP contribution in [-0.2, 0) is 0 Å². The Morgan fingerprint density at radius 3 is 2.67 bits per heavy atom. The second kappa shape index (κ2) is 5.61. The van der Waals surface area contributed by atoms with E-state index in [9.17, 15) is 8.78 Å². The van der Waals surface area contributed by atoms with Crippen molar-refractivity contribution in [1.82, 2.24) is 9.55 Å². The lowest BCUT2D eigenvalue weighted by Gasteiger charge is -2.10. The first-order valence-corrected chi connectivity index (χ1v) is 7.61. The molecule has 0 aliphatic rings. The number of imidazole rings is 1. The lowest BCUT2D eigenvalue weighted by atomic mass is 10.2. The molecule has 0 radical (unpaired) electrons. The largest absolute Gasteiger partial charge is 0.330 e. The molecule has 21 heavy (non-hydrogen) atoms. The third-order valence-electron chi connectivity index (χ3n) is 3.25. The Kier molecular flexibility index (Phi) is 3.82. The summed E-state index contributed by atoms with van der Waals surface area (Å²) in [6, 6.07) is 12.9. The molecule has 3 rings (SSSR count). The van der Waals surface area contributed by atoms with Crippen molar-refractivity contribution in [3.05, 3.63) is 52.8 Å². The van der Waals surface area contributed by atoms with Crippen LogP contribution in [0.1, 0.15) is 5.56 Å². The van der Waals surface area contributed by atoms with Crippen molar-refractivity contribution in [1.29, 1.82) is 0 Å².